The zero-order chi connectivity index (χ0) is 45.6. The lowest BCUT2D eigenvalue weighted by Gasteiger charge is -2.12. The summed E-state index contributed by atoms with van der Waals surface area (Å²) in [6, 6.07) is 26.0. The van der Waals surface area contributed by atoms with Gasteiger partial charge >= 0.3 is 0 Å². The van der Waals surface area contributed by atoms with Gasteiger partial charge in [-0.05, 0) is 136 Å². The van der Waals surface area contributed by atoms with Crippen LogP contribution >= 0.6 is 0 Å². The molecule has 2 aromatic heterocycles. The number of halogens is 4. The number of nitrogens with one attached hydrogen (secondary N) is 2. The van der Waals surface area contributed by atoms with Crippen LogP contribution in [0.4, 0.5) is 17.6 Å². The van der Waals surface area contributed by atoms with Crippen molar-refractivity contribution in [2.75, 3.05) is 26.2 Å². The summed E-state index contributed by atoms with van der Waals surface area (Å²) in [5.41, 5.74) is 6.79. The Bertz CT molecular complexity index is 2730. The highest BCUT2D eigenvalue weighted by molar-refractivity contribution is 6.11. The number of aliphatic imine (C=N–C) groups is 2. The second-order valence-corrected chi connectivity index (χ2v) is 16.9. The number of nitrogens with zero attached hydrogens (tertiary/aromatic N) is 6. The van der Waals surface area contributed by atoms with Crippen LogP contribution in [0.1, 0.15) is 71.4 Å². The molecule has 2 aliphatic carbocycles. The molecular formula is C52H48F4N8O2. The molecule has 4 aromatic carbocycles. The van der Waals surface area contributed by atoms with Gasteiger partial charge in [0.1, 0.15) is 34.7 Å². The highest BCUT2D eigenvalue weighted by Crippen LogP contribution is 2.41. The number of aryl methyl sites for hydroxylation is 2. The maximum atomic E-state index is 13.4. The highest BCUT2D eigenvalue weighted by atomic mass is 19.1. The smallest absolute Gasteiger partial charge is 0.281 e. The van der Waals surface area contributed by atoms with Crippen LogP contribution in [0, 0.1) is 23.3 Å². The maximum absolute atomic E-state index is 13.4. The van der Waals surface area contributed by atoms with E-state index in [-0.39, 0.29) is 34.4 Å². The molecule has 336 valence electrons. The predicted octanol–water partition coefficient (Wildman–Crippen LogP) is 8.11. The summed E-state index contributed by atoms with van der Waals surface area (Å²) in [4.78, 5) is 43.8. The van der Waals surface area contributed by atoms with E-state index in [1.54, 1.807) is 49.1 Å². The molecule has 0 unspecified atom stereocenters. The Morgan fingerprint density at radius 3 is 1.23 bits per heavy atom. The van der Waals surface area contributed by atoms with Crippen molar-refractivity contribution in [3.63, 3.8) is 0 Å². The van der Waals surface area contributed by atoms with E-state index in [4.69, 9.17) is 0 Å². The number of aromatic nitrogens is 4. The number of benzene rings is 4. The molecular weight excluding hydrogens is 845 g/mol. The lowest BCUT2D eigenvalue weighted by molar-refractivity contribution is 0.622. The van der Waals surface area contributed by atoms with Gasteiger partial charge in [-0.25, -0.2) is 27.5 Å². The summed E-state index contributed by atoms with van der Waals surface area (Å²) >= 11 is 0. The molecule has 0 saturated heterocycles. The van der Waals surface area contributed by atoms with Crippen LogP contribution < -0.4 is 21.8 Å². The zero-order valence-corrected chi connectivity index (χ0v) is 36.1. The van der Waals surface area contributed by atoms with Gasteiger partial charge in [-0.1, -0.05) is 36.4 Å². The topological polar surface area (TPSA) is 119 Å². The Kier molecular flexibility index (Phi) is 13.5. The first-order valence-corrected chi connectivity index (χ1v) is 22.3. The van der Waals surface area contributed by atoms with Crippen LogP contribution in [0.5, 0.6) is 0 Å². The third-order valence-electron chi connectivity index (χ3n) is 12.2. The van der Waals surface area contributed by atoms with Gasteiger partial charge in [0.05, 0.1) is 24.5 Å². The Labute approximate surface area is 379 Å². The van der Waals surface area contributed by atoms with Crippen LogP contribution in [-0.4, -0.2) is 69.8 Å². The molecule has 0 amide bonds. The lowest BCUT2D eigenvalue weighted by Crippen LogP contribution is -2.25. The van der Waals surface area contributed by atoms with Gasteiger partial charge in [0, 0.05) is 71.3 Å². The molecule has 4 aliphatic rings. The molecule has 4 atom stereocenters. The second-order valence-electron chi connectivity index (χ2n) is 16.9. The minimum absolute atomic E-state index is 0.211. The van der Waals surface area contributed by atoms with Crippen molar-refractivity contribution in [1.29, 1.82) is 0 Å². The van der Waals surface area contributed by atoms with Crippen molar-refractivity contribution in [2.45, 2.75) is 62.4 Å². The van der Waals surface area contributed by atoms with Gasteiger partial charge in [-0.15, -0.1) is 0 Å². The SMILES string of the molecule is O=c1c(C2=CCN=C2)nc(CCCN[C@@H]2C[C@H]2c2ccc(F)cc2)cn1-c1ccc(F)cc1.O=c1c(C2=CCN=C2)nc(CCCN[C@@H]2C[C@H]2c2ccc(F)cc2)cn1-c1ccc(F)cc1. The summed E-state index contributed by atoms with van der Waals surface area (Å²) in [6.45, 7) is 2.72. The van der Waals surface area contributed by atoms with Crippen LogP contribution in [0.2, 0.25) is 0 Å². The zero-order valence-electron chi connectivity index (χ0n) is 36.1. The van der Waals surface area contributed by atoms with Crippen molar-refractivity contribution < 1.29 is 17.6 Å². The van der Waals surface area contributed by atoms with Crippen LogP contribution in [0.3, 0.4) is 0 Å². The van der Waals surface area contributed by atoms with E-state index < -0.39 is 0 Å². The number of allylic oxidation sites excluding steroid dienone is 2. The maximum Gasteiger partial charge on any atom is 0.281 e. The molecule has 0 bridgehead atoms. The Morgan fingerprint density at radius 1 is 0.515 bits per heavy atom. The molecule has 2 fully saturated rings. The van der Waals surface area contributed by atoms with Crippen molar-refractivity contribution >= 4 is 23.6 Å². The summed E-state index contributed by atoms with van der Waals surface area (Å²) < 4.78 is 56.1. The number of hydrogen-bond acceptors (Lipinski definition) is 8. The van der Waals surface area contributed by atoms with E-state index in [1.165, 1.54) is 57.7 Å². The summed E-state index contributed by atoms with van der Waals surface area (Å²) in [5.74, 6) is -0.252. The quantitative estimate of drug-likeness (QED) is 0.0750. The van der Waals surface area contributed by atoms with E-state index in [0.717, 1.165) is 72.4 Å². The normalized spacial score (nSPS) is 19.0. The first-order chi connectivity index (χ1) is 32.2. The first-order valence-electron chi connectivity index (χ1n) is 22.3. The van der Waals surface area contributed by atoms with Gasteiger partial charge in [0.2, 0.25) is 0 Å². The van der Waals surface area contributed by atoms with E-state index in [2.05, 4.69) is 30.6 Å². The highest BCUT2D eigenvalue weighted by Gasteiger charge is 2.38. The minimum atomic E-state index is -0.350. The fraction of sp³-hybridized carbons (Fsp3) is 0.269. The average molecular weight is 893 g/mol. The number of rotatable bonds is 16. The van der Waals surface area contributed by atoms with E-state index in [1.807, 2.05) is 36.4 Å². The third kappa shape index (κ3) is 10.8. The van der Waals surface area contributed by atoms with E-state index >= 15 is 0 Å². The number of hydrogen-bond donors (Lipinski definition) is 2. The minimum Gasteiger partial charge on any atom is -0.313 e. The van der Waals surface area contributed by atoms with E-state index in [0.29, 0.717) is 72.6 Å². The predicted molar refractivity (Wildman–Crippen MR) is 250 cm³/mol. The van der Waals surface area contributed by atoms with Gasteiger partial charge < -0.3 is 10.6 Å². The molecule has 4 heterocycles. The Hall–Kier alpha value is -6.90. The fourth-order valence-corrected chi connectivity index (χ4v) is 8.43. The summed E-state index contributed by atoms with van der Waals surface area (Å²) in [7, 11) is 0. The van der Waals surface area contributed by atoms with Crippen molar-refractivity contribution in [2.24, 2.45) is 9.98 Å². The largest absolute Gasteiger partial charge is 0.313 e. The monoisotopic (exact) mass is 892 g/mol. The Balaban J connectivity index is 0.000000166. The lowest BCUT2D eigenvalue weighted by atomic mass is 10.1. The fourth-order valence-electron chi connectivity index (χ4n) is 8.43. The van der Waals surface area contributed by atoms with Crippen LogP contribution in [-0.2, 0) is 12.8 Å². The van der Waals surface area contributed by atoms with E-state index in [9.17, 15) is 27.2 Å². The molecule has 0 radical (unpaired) electrons. The van der Waals surface area contributed by atoms with Crippen molar-refractivity contribution in [3.05, 3.63) is 199 Å². The molecule has 14 heteroatoms. The molecule has 2 N–H and O–H groups in total. The van der Waals surface area contributed by atoms with Gasteiger partial charge in [-0.2, -0.15) is 0 Å². The van der Waals surface area contributed by atoms with Crippen LogP contribution in [0.15, 0.2) is 141 Å². The standard InChI is InChI=1S/2C26H24F2N4O/c2*27-19-5-3-17(4-6-19)23-14-24(23)30-12-1-2-21-16-32(22-9-7-20(28)8-10-22)26(33)25(31-21)18-11-13-29-15-18/h2*3-11,15-16,23-24,30H,1-2,12-14H2/t2*23-,24+/m00/s1. The molecule has 2 aliphatic heterocycles. The molecule has 10 rings (SSSR count). The Morgan fingerprint density at radius 2 is 0.879 bits per heavy atom. The summed E-state index contributed by atoms with van der Waals surface area (Å²) in [5, 5.41) is 7.12. The third-order valence-corrected chi connectivity index (χ3v) is 12.2. The second kappa shape index (κ2) is 20.1. The van der Waals surface area contributed by atoms with Crippen molar-refractivity contribution in [3.8, 4) is 11.4 Å². The van der Waals surface area contributed by atoms with Crippen LogP contribution in [0.25, 0.3) is 22.5 Å². The van der Waals surface area contributed by atoms with Gasteiger partial charge in [0.15, 0.2) is 0 Å². The molecule has 2 saturated carbocycles. The first kappa shape index (κ1) is 44.3. The summed E-state index contributed by atoms with van der Waals surface area (Å²) in [6.07, 6.45) is 15.8. The average Bonchev–Trinajstić information content (AvgIpc) is 4.11. The van der Waals surface area contributed by atoms with Gasteiger partial charge in [-0.3, -0.25) is 28.7 Å². The molecule has 0 spiro atoms. The van der Waals surface area contributed by atoms with Crippen molar-refractivity contribution in [1.82, 2.24) is 29.7 Å². The molecule has 6 aromatic rings. The molecule has 66 heavy (non-hydrogen) atoms. The van der Waals surface area contributed by atoms with Gasteiger partial charge in [0.25, 0.3) is 11.1 Å². The molecule has 10 nitrogen and oxygen atoms in total.